The van der Waals surface area contributed by atoms with E-state index in [4.69, 9.17) is 9.68 Å². The smallest absolute Gasteiger partial charge is 0.336 e. The maximum atomic E-state index is 11.6. The largest absolute Gasteiger partial charge is 0.423 e. The van der Waals surface area contributed by atoms with Gasteiger partial charge in [0.1, 0.15) is 18.0 Å². The van der Waals surface area contributed by atoms with E-state index in [0.717, 1.165) is 16.5 Å². The van der Waals surface area contributed by atoms with Crippen LogP contribution in [0.15, 0.2) is 39.8 Å². The van der Waals surface area contributed by atoms with Gasteiger partial charge in [0.2, 0.25) is 5.82 Å². The van der Waals surface area contributed by atoms with Gasteiger partial charge in [-0.25, -0.2) is 4.79 Å². The molecule has 2 aromatic heterocycles. The molecule has 0 fully saturated rings. The number of hydrogen-bond donors (Lipinski definition) is 0. The Kier molecular flexibility index (Phi) is 2.80. The molecule has 20 heavy (non-hydrogen) atoms. The van der Waals surface area contributed by atoms with Crippen LogP contribution in [0.3, 0.4) is 0 Å². The first-order valence-electron chi connectivity index (χ1n) is 5.98. The molecular weight excluding hydrogens is 256 g/mol. The van der Waals surface area contributed by atoms with E-state index < -0.39 is 5.63 Å². The van der Waals surface area contributed by atoms with Gasteiger partial charge >= 0.3 is 5.63 Å². The number of rotatable bonds is 2. The van der Waals surface area contributed by atoms with Crippen LogP contribution in [0.5, 0.6) is 0 Å². The van der Waals surface area contributed by atoms with Crippen molar-refractivity contribution >= 4 is 11.0 Å². The molecule has 0 bridgehead atoms. The summed E-state index contributed by atoms with van der Waals surface area (Å²) in [4.78, 5) is 11.6. The van der Waals surface area contributed by atoms with Gasteiger partial charge in [-0.3, -0.25) is 0 Å². The molecule has 2 heterocycles. The van der Waals surface area contributed by atoms with Crippen molar-refractivity contribution < 1.29 is 4.42 Å². The second-order valence-corrected chi connectivity index (χ2v) is 4.48. The molecule has 0 saturated heterocycles. The van der Waals surface area contributed by atoms with Crippen molar-refractivity contribution in [3.63, 3.8) is 0 Å². The van der Waals surface area contributed by atoms with Gasteiger partial charge in [0.25, 0.3) is 0 Å². The lowest BCUT2D eigenvalue weighted by atomic mass is 10.1. The third-order valence-corrected chi connectivity index (χ3v) is 3.04. The van der Waals surface area contributed by atoms with Gasteiger partial charge in [0.05, 0.1) is 6.54 Å². The SMILES string of the molecule is Cc1ccc2c(Cn3cnnc3C#N)cc(=O)oc2c1. The Balaban J connectivity index is 2.17. The predicted octanol–water partition coefficient (Wildman–Crippen LogP) is 1.61. The lowest BCUT2D eigenvalue weighted by Crippen LogP contribution is -2.06. The van der Waals surface area contributed by atoms with Crippen molar-refractivity contribution in [2.45, 2.75) is 13.5 Å². The van der Waals surface area contributed by atoms with Crippen LogP contribution in [0.25, 0.3) is 11.0 Å². The molecular formula is C14H10N4O2. The summed E-state index contributed by atoms with van der Waals surface area (Å²) in [5.74, 6) is 0.207. The summed E-state index contributed by atoms with van der Waals surface area (Å²) in [5.41, 5.74) is 1.91. The first kappa shape index (κ1) is 12.1. The average molecular weight is 266 g/mol. The van der Waals surface area contributed by atoms with Gasteiger partial charge in [-0.1, -0.05) is 12.1 Å². The fourth-order valence-corrected chi connectivity index (χ4v) is 2.11. The zero-order valence-corrected chi connectivity index (χ0v) is 10.7. The van der Waals surface area contributed by atoms with Crippen LogP contribution in [0.2, 0.25) is 0 Å². The fourth-order valence-electron chi connectivity index (χ4n) is 2.11. The lowest BCUT2D eigenvalue weighted by molar-refractivity contribution is 0.557. The van der Waals surface area contributed by atoms with Crippen LogP contribution < -0.4 is 5.63 Å². The molecule has 0 N–H and O–H groups in total. The van der Waals surface area contributed by atoms with Gasteiger partial charge < -0.3 is 8.98 Å². The van der Waals surface area contributed by atoms with Gasteiger partial charge in [-0.15, -0.1) is 10.2 Å². The first-order chi connectivity index (χ1) is 9.67. The van der Waals surface area contributed by atoms with Gasteiger partial charge in [0.15, 0.2) is 0 Å². The number of nitriles is 1. The van der Waals surface area contributed by atoms with Crippen LogP contribution in [0.4, 0.5) is 0 Å². The number of hydrogen-bond acceptors (Lipinski definition) is 5. The summed E-state index contributed by atoms with van der Waals surface area (Å²) in [6, 6.07) is 9.05. The molecule has 0 unspecified atom stereocenters. The average Bonchev–Trinajstić information content (AvgIpc) is 2.85. The Labute approximate surface area is 113 Å². The first-order valence-corrected chi connectivity index (χ1v) is 5.98. The van der Waals surface area contributed by atoms with Crippen molar-refractivity contribution in [1.29, 1.82) is 5.26 Å². The van der Waals surface area contributed by atoms with E-state index in [-0.39, 0.29) is 5.82 Å². The van der Waals surface area contributed by atoms with Gasteiger partial charge in [-0.2, -0.15) is 5.26 Å². The third kappa shape index (κ3) is 2.06. The molecule has 0 aliphatic rings. The maximum absolute atomic E-state index is 11.6. The van der Waals surface area contributed by atoms with Crippen molar-refractivity contribution in [2.24, 2.45) is 0 Å². The van der Waals surface area contributed by atoms with E-state index in [9.17, 15) is 4.79 Å². The summed E-state index contributed by atoms with van der Waals surface area (Å²) < 4.78 is 6.79. The second kappa shape index (κ2) is 4.63. The summed E-state index contributed by atoms with van der Waals surface area (Å²) in [5, 5.41) is 17.2. The Hall–Kier alpha value is -2.94. The molecule has 98 valence electrons. The maximum Gasteiger partial charge on any atom is 0.336 e. The van der Waals surface area contributed by atoms with Crippen LogP contribution in [0, 0.1) is 18.3 Å². The van der Waals surface area contributed by atoms with Crippen molar-refractivity contribution in [3.05, 3.63) is 58.0 Å². The quantitative estimate of drug-likeness (QED) is 0.658. The summed E-state index contributed by atoms with van der Waals surface area (Å²) in [6.45, 7) is 2.28. The normalized spacial score (nSPS) is 10.6. The molecule has 0 atom stereocenters. The topological polar surface area (TPSA) is 84.7 Å². The number of benzene rings is 1. The monoisotopic (exact) mass is 266 g/mol. The minimum atomic E-state index is -0.412. The number of fused-ring (bicyclic) bond motifs is 1. The van der Waals surface area contributed by atoms with Crippen molar-refractivity contribution in [2.75, 3.05) is 0 Å². The molecule has 0 spiro atoms. The number of aryl methyl sites for hydroxylation is 1. The van der Waals surface area contributed by atoms with Crippen LogP contribution >= 0.6 is 0 Å². The summed E-state index contributed by atoms with van der Waals surface area (Å²) in [6.07, 6.45) is 1.47. The molecule has 0 amide bonds. The number of aromatic nitrogens is 3. The van der Waals surface area contributed by atoms with Crippen molar-refractivity contribution in [1.82, 2.24) is 14.8 Å². The van der Waals surface area contributed by atoms with Gasteiger partial charge in [0, 0.05) is 11.5 Å². The van der Waals surface area contributed by atoms with Crippen LogP contribution in [-0.4, -0.2) is 14.8 Å². The zero-order valence-electron chi connectivity index (χ0n) is 10.7. The van der Waals surface area contributed by atoms with Crippen LogP contribution in [0.1, 0.15) is 17.0 Å². The summed E-state index contributed by atoms with van der Waals surface area (Å²) >= 11 is 0. The highest BCUT2D eigenvalue weighted by atomic mass is 16.4. The van der Waals surface area contributed by atoms with E-state index in [0.29, 0.717) is 12.1 Å². The molecule has 1 aromatic carbocycles. The highest BCUT2D eigenvalue weighted by molar-refractivity contribution is 5.80. The van der Waals surface area contributed by atoms with E-state index >= 15 is 0 Å². The lowest BCUT2D eigenvalue weighted by Gasteiger charge is -2.06. The Morgan fingerprint density at radius 3 is 3.05 bits per heavy atom. The molecule has 0 radical (unpaired) electrons. The van der Waals surface area contributed by atoms with E-state index in [1.165, 1.54) is 12.4 Å². The molecule has 3 aromatic rings. The van der Waals surface area contributed by atoms with Gasteiger partial charge in [-0.05, 0) is 24.1 Å². The Morgan fingerprint density at radius 2 is 2.25 bits per heavy atom. The molecule has 6 nitrogen and oxygen atoms in total. The van der Waals surface area contributed by atoms with Crippen molar-refractivity contribution in [3.8, 4) is 6.07 Å². The van der Waals surface area contributed by atoms with Crippen LogP contribution in [-0.2, 0) is 6.54 Å². The Morgan fingerprint density at radius 1 is 1.40 bits per heavy atom. The predicted molar refractivity (Wildman–Crippen MR) is 71.1 cm³/mol. The highest BCUT2D eigenvalue weighted by Crippen LogP contribution is 2.19. The second-order valence-electron chi connectivity index (χ2n) is 4.48. The number of nitrogens with zero attached hydrogens (tertiary/aromatic N) is 4. The zero-order chi connectivity index (χ0) is 14.1. The third-order valence-electron chi connectivity index (χ3n) is 3.04. The minimum Gasteiger partial charge on any atom is -0.423 e. The minimum absolute atomic E-state index is 0.207. The fraction of sp³-hybridized carbons (Fsp3) is 0.143. The molecule has 0 aliphatic heterocycles. The molecule has 3 rings (SSSR count). The molecule has 0 saturated carbocycles. The highest BCUT2D eigenvalue weighted by Gasteiger charge is 2.09. The summed E-state index contributed by atoms with van der Waals surface area (Å²) in [7, 11) is 0. The van der Waals surface area contributed by atoms with E-state index in [2.05, 4.69) is 10.2 Å². The van der Waals surface area contributed by atoms with E-state index in [1.807, 2.05) is 31.2 Å². The molecule has 0 aliphatic carbocycles. The van der Waals surface area contributed by atoms with E-state index in [1.54, 1.807) is 4.57 Å². The standard InChI is InChI=1S/C14H10N4O2/c1-9-2-3-11-10(5-14(19)20-12(11)4-9)7-18-8-16-17-13(18)6-15/h2-5,8H,7H2,1H3. The molecule has 6 heteroatoms. The Bertz CT molecular complexity index is 886.